The topological polar surface area (TPSA) is 41.6 Å². The Labute approximate surface area is 116 Å². The van der Waals surface area contributed by atoms with Crippen LogP contribution in [-0.4, -0.2) is 49.2 Å². The van der Waals surface area contributed by atoms with E-state index in [9.17, 15) is 4.79 Å². The Balaban J connectivity index is 1.98. The van der Waals surface area contributed by atoms with Gasteiger partial charge in [-0.25, -0.2) is 0 Å². The fourth-order valence-electron chi connectivity index (χ4n) is 3.30. The predicted molar refractivity (Wildman–Crippen MR) is 76.0 cm³/mol. The first-order valence-electron chi connectivity index (χ1n) is 7.68. The van der Waals surface area contributed by atoms with Crippen molar-refractivity contribution in [3.8, 4) is 0 Å². The molecule has 0 bridgehead atoms. The molecule has 110 valence electrons. The fourth-order valence-corrected chi connectivity index (χ4v) is 3.30. The number of carbonyl (C=O) groups is 1. The van der Waals surface area contributed by atoms with Gasteiger partial charge in [-0.15, -0.1) is 0 Å². The average molecular weight is 268 g/mol. The molecule has 1 saturated carbocycles. The lowest BCUT2D eigenvalue weighted by molar-refractivity contribution is -0.136. The number of hydrogen-bond donors (Lipinski definition) is 1. The Morgan fingerprint density at radius 1 is 1.37 bits per heavy atom. The van der Waals surface area contributed by atoms with Crippen molar-refractivity contribution in [2.75, 3.05) is 20.2 Å². The van der Waals surface area contributed by atoms with Crippen LogP contribution in [0.1, 0.15) is 46.0 Å². The van der Waals surface area contributed by atoms with Gasteiger partial charge in [0, 0.05) is 26.2 Å². The zero-order chi connectivity index (χ0) is 13.8. The highest BCUT2D eigenvalue weighted by molar-refractivity contribution is 5.82. The number of methoxy groups -OCH3 is 1. The zero-order valence-electron chi connectivity index (χ0n) is 12.5. The molecule has 1 aliphatic carbocycles. The van der Waals surface area contributed by atoms with E-state index in [4.69, 9.17) is 4.74 Å². The van der Waals surface area contributed by atoms with Crippen molar-refractivity contribution in [2.24, 2.45) is 5.92 Å². The van der Waals surface area contributed by atoms with Crippen LogP contribution in [0.15, 0.2) is 0 Å². The molecule has 1 N–H and O–H groups in total. The van der Waals surface area contributed by atoms with Gasteiger partial charge in [0.1, 0.15) is 0 Å². The Morgan fingerprint density at radius 2 is 2.05 bits per heavy atom. The van der Waals surface area contributed by atoms with Crippen LogP contribution < -0.4 is 5.32 Å². The quantitative estimate of drug-likeness (QED) is 0.826. The van der Waals surface area contributed by atoms with Crippen molar-refractivity contribution >= 4 is 5.91 Å². The smallest absolute Gasteiger partial charge is 0.240 e. The molecule has 2 unspecified atom stereocenters. The summed E-state index contributed by atoms with van der Waals surface area (Å²) in [5, 5.41) is 3.32. The van der Waals surface area contributed by atoms with Gasteiger partial charge in [0.05, 0.1) is 12.1 Å². The first kappa shape index (κ1) is 14.8. The average Bonchev–Trinajstić information content (AvgIpc) is 3.05. The second-order valence-electron chi connectivity index (χ2n) is 6.38. The third-order valence-electron chi connectivity index (χ3n) is 4.33. The maximum absolute atomic E-state index is 12.7. The number of ether oxygens (including phenoxy) is 1. The van der Waals surface area contributed by atoms with Gasteiger partial charge in [-0.2, -0.15) is 0 Å². The van der Waals surface area contributed by atoms with Crippen LogP contribution in [0.2, 0.25) is 0 Å². The van der Waals surface area contributed by atoms with E-state index in [1.165, 1.54) is 25.7 Å². The Hall–Kier alpha value is -0.610. The first-order chi connectivity index (χ1) is 9.11. The number of nitrogens with zero attached hydrogens (tertiary/aromatic N) is 1. The summed E-state index contributed by atoms with van der Waals surface area (Å²) in [6.07, 6.45) is 5.91. The van der Waals surface area contributed by atoms with E-state index < -0.39 is 0 Å². The normalized spacial score (nSPS) is 28.2. The monoisotopic (exact) mass is 268 g/mol. The molecule has 2 rings (SSSR count). The Bertz CT molecular complexity index is 301. The maximum Gasteiger partial charge on any atom is 0.240 e. The summed E-state index contributed by atoms with van der Waals surface area (Å²) in [4.78, 5) is 14.9. The molecule has 1 amide bonds. The highest BCUT2D eigenvalue weighted by Gasteiger charge is 2.35. The summed E-state index contributed by atoms with van der Waals surface area (Å²) in [5.74, 6) is 0.823. The second kappa shape index (κ2) is 6.71. The van der Waals surface area contributed by atoms with Crippen LogP contribution >= 0.6 is 0 Å². The van der Waals surface area contributed by atoms with Gasteiger partial charge in [0.15, 0.2) is 0 Å². The Kier molecular flexibility index (Phi) is 5.22. The summed E-state index contributed by atoms with van der Waals surface area (Å²) in [7, 11) is 1.72. The Morgan fingerprint density at radius 3 is 2.58 bits per heavy atom. The second-order valence-corrected chi connectivity index (χ2v) is 6.38. The summed E-state index contributed by atoms with van der Waals surface area (Å²) in [6, 6.07) is 0.433. The van der Waals surface area contributed by atoms with Gasteiger partial charge in [-0.1, -0.05) is 26.7 Å². The van der Waals surface area contributed by atoms with E-state index in [0.29, 0.717) is 17.9 Å². The molecule has 4 heteroatoms. The van der Waals surface area contributed by atoms with Crippen molar-refractivity contribution in [3.63, 3.8) is 0 Å². The molecule has 0 spiro atoms. The van der Waals surface area contributed by atoms with Crippen molar-refractivity contribution in [2.45, 2.75) is 64.1 Å². The van der Waals surface area contributed by atoms with E-state index in [-0.39, 0.29) is 12.1 Å². The van der Waals surface area contributed by atoms with Crippen LogP contribution in [0.25, 0.3) is 0 Å². The highest BCUT2D eigenvalue weighted by atomic mass is 16.5. The summed E-state index contributed by atoms with van der Waals surface area (Å²) in [6.45, 7) is 6.07. The van der Waals surface area contributed by atoms with Gasteiger partial charge in [-0.05, 0) is 25.2 Å². The first-order valence-corrected chi connectivity index (χ1v) is 7.68. The van der Waals surface area contributed by atoms with E-state index in [1.807, 2.05) is 0 Å². The third-order valence-corrected chi connectivity index (χ3v) is 4.33. The molecule has 2 fully saturated rings. The molecule has 1 heterocycles. The van der Waals surface area contributed by atoms with Gasteiger partial charge in [0.25, 0.3) is 0 Å². The van der Waals surface area contributed by atoms with Gasteiger partial charge >= 0.3 is 0 Å². The van der Waals surface area contributed by atoms with Crippen molar-refractivity contribution in [1.29, 1.82) is 0 Å². The van der Waals surface area contributed by atoms with Crippen LogP contribution in [-0.2, 0) is 9.53 Å². The van der Waals surface area contributed by atoms with Gasteiger partial charge < -0.3 is 15.0 Å². The molecule has 2 atom stereocenters. The van der Waals surface area contributed by atoms with Crippen LogP contribution in [0.5, 0.6) is 0 Å². The van der Waals surface area contributed by atoms with Crippen molar-refractivity contribution < 1.29 is 9.53 Å². The number of rotatable bonds is 5. The van der Waals surface area contributed by atoms with Crippen LogP contribution in [0.4, 0.5) is 0 Å². The number of nitrogens with one attached hydrogen (secondary N) is 1. The maximum atomic E-state index is 12.7. The minimum Gasteiger partial charge on any atom is -0.380 e. The molecule has 0 aromatic heterocycles. The molecule has 1 aliphatic heterocycles. The summed E-state index contributed by atoms with van der Waals surface area (Å²) in [5.41, 5.74) is 0. The van der Waals surface area contributed by atoms with Crippen molar-refractivity contribution in [3.05, 3.63) is 0 Å². The summed E-state index contributed by atoms with van der Waals surface area (Å²) >= 11 is 0. The molecule has 1 saturated heterocycles. The highest BCUT2D eigenvalue weighted by Crippen LogP contribution is 2.26. The summed E-state index contributed by atoms with van der Waals surface area (Å²) < 4.78 is 5.34. The lowest BCUT2D eigenvalue weighted by Crippen LogP contribution is -2.49. The minimum atomic E-state index is -0.0377. The minimum absolute atomic E-state index is 0.0377. The lowest BCUT2D eigenvalue weighted by atomic mass is 10.1. The third kappa shape index (κ3) is 3.69. The fraction of sp³-hybridized carbons (Fsp3) is 0.933. The van der Waals surface area contributed by atoms with E-state index in [1.54, 1.807) is 7.11 Å². The van der Waals surface area contributed by atoms with E-state index in [0.717, 1.165) is 19.5 Å². The van der Waals surface area contributed by atoms with E-state index >= 15 is 0 Å². The molecular formula is C15H28N2O2. The molecule has 0 aromatic rings. The lowest BCUT2D eigenvalue weighted by Gasteiger charge is -2.32. The SMILES string of the molecule is COC1CNC(C(=O)N(CC(C)C)C2CCCC2)C1. The largest absolute Gasteiger partial charge is 0.380 e. The molecular weight excluding hydrogens is 240 g/mol. The predicted octanol–water partition coefficient (Wildman–Crippen LogP) is 1.79. The molecule has 0 radical (unpaired) electrons. The van der Waals surface area contributed by atoms with E-state index in [2.05, 4.69) is 24.1 Å². The van der Waals surface area contributed by atoms with Gasteiger partial charge in [0.2, 0.25) is 5.91 Å². The zero-order valence-corrected chi connectivity index (χ0v) is 12.5. The molecule has 19 heavy (non-hydrogen) atoms. The van der Waals surface area contributed by atoms with Crippen LogP contribution in [0.3, 0.4) is 0 Å². The van der Waals surface area contributed by atoms with Crippen LogP contribution in [0, 0.1) is 5.92 Å². The number of carbonyl (C=O) groups excluding carboxylic acids is 1. The van der Waals surface area contributed by atoms with Gasteiger partial charge in [-0.3, -0.25) is 4.79 Å². The molecule has 0 aromatic carbocycles. The number of amides is 1. The van der Waals surface area contributed by atoms with Crippen molar-refractivity contribution in [1.82, 2.24) is 10.2 Å². The molecule has 2 aliphatic rings. The number of hydrogen-bond acceptors (Lipinski definition) is 3. The molecule has 4 nitrogen and oxygen atoms in total. The standard InChI is InChI=1S/C15H28N2O2/c1-11(2)10-17(12-6-4-5-7-12)15(18)14-8-13(19-3)9-16-14/h11-14,16H,4-10H2,1-3H3.